The number of carbonyl (C=O) groups excluding carboxylic acids is 1. The van der Waals surface area contributed by atoms with E-state index in [0.29, 0.717) is 11.5 Å². The highest BCUT2D eigenvalue weighted by Crippen LogP contribution is 2.29. The van der Waals surface area contributed by atoms with Crippen LogP contribution in [0.4, 0.5) is 5.69 Å². The minimum atomic E-state index is -0.162. The molecule has 0 fully saturated rings. The van der Waals surface area contributed by atoms with E-state index in [1.54, 1.807) is 0 Å². The molecule has 0 radical (unpaired) electrons. The van der Waals surface area contributed by atoms with E-state index in [0.717, 1.165) is 17.7 Å². The van der Waals surface area contributed by atoms with Crippen molar-refractivity contribution >= 4 is 11.6 Å². The molecule has 0 spiro atoms. The van der Waals surface area contributed by atoms with Crippen molar-refractivity contribution in [3.63, 3.8) is 0 Å². The number of rotatable bonds is 2. The molecule has 23 heavy (non-hydrogen) atoms. The van der Waals surface area contributed by atoms with Crippen molar-refractivity contribution in [2.24, 2.45) is 0 Å². The number of hydrogen-bond acceptors (Lipinski definition) is 2. The second kappa shape index (κ2) is 5.76. The SMILES string of the molecule is O=C1NC(C2=CCC(c3ccccc3)C=C2)Nc2ccccc21. The first-order valence-corrected chi connectivity index (χ1v) is 7.91. The minimum Gasteiger partial charge on any atom is -0.361 e. The summed E-state index contributed by atoms with van der Waals surface area (Å²) in [5.41, 5.74) is 4.03. The van der Waals surface area contributed by atoms with Gasteiger partial charge in [-0.2, -0.15) is 0 Å². The van der Waals surface area contributed by atoms with Gasteiger partial charge in [0.05, 0.1) is 5.56 Å². The fraction of sp³-hybridized carbons (Fsp3) is 0.150. The number of fused-ring (bicyclic) bond motifs is 1. The first-order chi connectivity index (χ1) is 11.3. The molecule has 1 amide bonds. The molecule has 0 aromatic heterocycles. The number of para-hydroxylation sites is 1. The van der Waals surface area contributed by atoms with E-state index >= 15 is 0 Å². The quantitative estimate of drug-likeness (QED) is 0.885. The van der Waals surface area contributed by atoms with Gasteiger partial charge >= 0.3 is 0 Å². The first kappa shape index (κ1) is 13.8. The molecule has 0 bridgehead atoms. The standard InChI is InChI=1S/C20H18N2O/c23-20-17-8-4-5-9-18(17)21-19(22-20)16-12-10-15(11-13-16)14-6-2-1-3-7-14/h1-10,12-13,15,19,21H,11H2,(H,22,23). The number of anilines is 1. The molecule has 3 nitrogen and oxygen atoms in total. The molecule has 2 atom stereocenters. The van der Waals surface area contributed by atoms with Crippen LogP contribution in [-0.4, -0.2) is 12.1 Å². The van der Waals surface area contributed by atoms with Crippen LogP contribution in [0.3, 0.4) is 0 Å². The second-order valence-electron chi connectivity index (χ2n) is 5.91. The topological polar surface area (TPSA) is 41.1 Å². The highest BCUT2D eigenvalue weighted by molar-refractivity contribution is 6.02. The van der Waals surface area contributed by atoms with Crippen LogP contribution >= 0.6 is 0 Å². The number of carbonyl (C=O) groups is 1. The van der Waals surface area contributed by atoms with Crippen molar-refractivity contribution in [3.05, 3.63) is 89.5 Å². The molecule has 2 aliphatic rings. The van der Waals surface area contributed by atoms with Gasteiger partial charge in [-0.3, -0.25) is 4.79 Å². The Morgan fingerprint density at radius 3 is 2.48 bits per heavy atom. The van der Waals surface area contributed by atoms with Crippen LogP contribution in [0.2, 0.25) is 0 Å². The molecule has 3 heteroatoms. The normalized spacial score (nSPS) is 22.6. The van der Waals surface area contributed by atoms with E-state index in [1.165, 1.54) is 5.56 Å². The average molecular weight is 302 g/mol. The lowest BCUT2D eigenvalue weighted by atomic mass is 9.89. The van der Waals surface area contributed by atoms with Crippen LogP contribution in [0.5, 0.6) is 0 Å². The van der Waals surface area contributed by atoms with Crippen molar-refractivity contribution < 1.29 is 4.79 Å². The van der Waals surface area contributed by atoms with E-state index in [4.69, 9.17) is 0 Å². The Labute approximate surface area is 135 Å². The van der Waals surface area contributed by atoms with E-state index in [1.807, 2.05) is 30.3 Å². The van der Waals surface area contributed by atoms with Crippen molar-refractivity contribution in [1.29, 1.82) is 0 Å². The van der Waals surface area contributed by atoms with Crippen molar-refractivity contribution in [3.8, 4) is 0 Å². The zero-order valence-corrected chi connectivity index (χ0v) is 12.7. The number of amides is 1. The summed E-state index contributed by atoms with van der Waals surface area (Å²) in [6.45, 7) is 0. The highest BCUT2D eigenvalue weighted by atomic mass is 16.2. The Balaban J connectivity index is 1.52. The Hall–Kier alpha value is -2.81. The number of allylic oxidation sites excluding steroid dienone is 2. The Kier molecular flexibility index (Phi) is 3.46. The van der Waals surface area contributed by atoms with Gasteiger partial charge in [0.2, 0.25) is 0 Å². The van der Waals surface area contributed by atoms with Crippen molar-refractivity contribution in [1.82, 2.24) is 5.32 Å². The summed E-state index contributed by atoms with van der Waals surface area (Å²) in [6.07, 6.45) is 7.34. The predicted octanol–water partition coefficient (Wildman–Crippen LogP) is 3.84. The fourth-order valence-corrected chi connectivity index (χ4v) is 3.17. The van der Waals surface area contributed by atoms with Gasteiger partial charge in [0.15, 0.2) is 0 Å². The fourth-order valence-electron chi connectivity index (χ4n) is 3.17. The van der Waals surface area contributed by atoms with Gasteiger partial charge in [-0.1, -0.05) is 60.7 Å². The Bertz CT molecular complexity index is 792. The summed E-state index contributed by atoms with van der Waals surface area (Å²) >= 11 is 0. The number of hydrogen-bond donors (Lipinski definition) is 2. The molecule has 0 saturated carbocycles. The summed E-state index contributed by atoms with van der Waals surface area (Å²) in [5, 5.41) is 6.43. The molecule has 2 aromatic rings. The van der Waals surface area contributed by atoms with Gasteiger partial charge in [-0.25, -0.2) is 0 Å². The number of benzene rings is 2. The van der Waals surface area contributed by atoms with Crippen LogP contribution in [0.1, 0.15) is 28.3 Å². The highest BCUT2D eigenvalue weighted by Gasteiger charge is 2.25. The van der Waals surface area contributed by atoms with Crippen LogP contribution in [-0.2, 0) is 0 Å². The molecule has 4 rings (SSSR count). The minimum absolute atomic E-state index is 0.0242. The van der Waals surface area contributed by atoms with E-state index in [9.17, 15) is 4.79 Å². The maximum Gasteiger partial charge on any atom is 0.255 e. The third-order valence-corrected chi connectivity index (χ3v) is 4.44. The zero-order chi connectivity index (χ0) is 15.6. The van der Waals surface area contributed by atoms with Gasteiger partial charge in [0.1, 0.15) is 6.17 Å². The van der Waals surface area contributed by atoms with Gasteiger partial charge in [0, 0.05) is 11.6 Å². The van der Waals surface area contributed by atoms with Crippen LogP contribution in [0, 0.1) is 0 Å². The largest absolute Gasteiger partial charge is 0.361 e. The maximum atomic E-state index is 12.2. The van der Waals surface area contributed by atoms with Gasteiger partial charge in [-0.15, -0.1) is 0 Å². The molecule has 1 aliphatic heterocycles. The molecular formula is C20H18N2O. The zero-order valence-electron chi connectivity index (χ0n) is 12.7. The lowest BCUT2D eigenvalue weighted by Gasteiger charge is -2.30. The molecule has 0 saturated heterocycles. The van der Waals surface area contributed by atoms with Crippen molar-refractivity contribution in [2.45, 2.75) is 18.5 Å². The average Bonchev–Trinajstić information content (AvgIpc) is 2.63. The third-order valence-electron chi connectivity index (χ3n) is 4.44. The summed E-state index contributed by atoms with van der Waals surface area (Å²) in [4.78, 5) is 12.2. The van der Waals surface area contributed by atoms with E-state index in [-0.39, 0.29) is 12.1 Å². The lowest BCUT2D eigenvalue weighted by Crippen LogP contribution is -2.46. The molecule has 2 aromatic carbocycles. The molecule has 1 aliphatic carbocycles. The smallest absolute Gasteiger partial charge is 0.255 e. The summed E-state index contributed by atoms with van der Waals surface area (Å²) in [5.74, 6) is 0.385. The second-order valence-corrected chi connectivity index (χ2v) is 5.91. The van der Waals surface area contributed by atoms with Crippen LogP contribution in [0.25, 0.3) is 0 Å². The monoisotopic (exact) mass is 302 g/mol. The van der Waals surface area contributed by atoms with Gasteiger partial charge < -0.3 is 10.6 Å². The Morgan fingerprint density at radius 1 is 0.913 bits per heavy atom. The Morgan fingerprint density at radius 2 is 1.70 bits per heavy atom. The molecule has 1 heterocycles. The number of nitrogens with one attached hydrogen (secondary N) is 2. The first-order valence-electron chi connectivity index (χ1n) is 7.91. The molecule has 2 N–H and O–H groups in total. The summed E-state index contributed by atoms with van der Waals surface area (Å²) in [6, 6.07) is 18.1. The molecular weight excluding hydrogens is 284 g/mol. The summed E-state index contributed by atoms with van der Waals surface area (Å²) in [7, 11) is 0. The maximum absolute atomic E-state index is 12.2. The molecule has 2 unspecified atom stereocenters. The predicted molar refractivity (Wildman–Crippen MR) is 92.3 cm³/mol. The summed E-state index contributed by atoms with van der Waals surface area (Å²) < 4.78 is 0. The van der Waals surface area contributed by atoms with Gasteiger partial charge in [-0.05, 0) is 29.7 Å². The van der Waals surface area contributed by atoms with Crippen molar-refractivity contribution in [2.75, 3.05) is 5.32 Å². The molecule has 114 valence electrons. The van der Waals surface area contributed by atoms with E-state index in [2.05, 4.69) is 53.1 Å². The van der Waals surface area contributed by atoms with Crippen LogP contribution in [0.15, 0.2) is 78.4 Å². The van der Waals surface area contributed by atoms with E-state index < -0.39 is 0 Å². The lowest BCUT2D eigenvalue weighted by molar-refractivity contribution is 0.0942. The van der Waals surface area contributed by atoms with Gasteiger partial charge in [0.25, 0.3) is 5.91 Å². The third kappa shape index (κ3) is 2.66. The van der Waals surface area contributed by atoms with Crippen LogP contribution < -0.4 is 10.6 Å².